The molecule has 4 aromatic rings. The second kappa shape index (κ2) is 8.63. The molecule has 0 atom stereocenters. The smallest absolute Gasteiger partial charge is 0.234 e. The monoisotopic (exact) mass is 389 g/mol. The van der Waals surface area contributed by atoms with Crippen LogP contribution in [0.25, 0.3) is 11.0 Å². The summed E-state index contributed by atoms with van der Waals surface area (Å²) in [5.74, 6) is 0.966. The maximum Gasteiger partial charge on any atom is 0.234 e. The predicted molar refractivity (Wildman–Crippen MR) is 113 cm³/mol. The highest BCUT2D eigenvalue weighted by molar-refractivity contribution is 7.99. The molecule has 0 bridgehead atoms. The minimum Gasteiger partial charge on any atom is -0.489 e. The number of hydrogen-bond acceptors (Lipinski definition) is 4. The van der Waals surface area contributed by atoms with Crippen LogP contribution < -0.4 is 10.1 Å². The van der Waals surface area contributed by atoms with Gasteiger partial charge in [-0.1, -0.05) is 54.2 Å². The molecule has 0 radical (unpaired) electrons. The minimum absolute atomic E-state index is 0.0802. The highest BCUT2D eigenvalue weighted by atomic mass is 32.2. The number of imidazole rings is 1. The Morgan fingerprint density at radius 2 is 1.71 bits per heavy atom. The van der Waals surface area contributed by atoms with Gasteiger partial charge in [0, 0.05) is 5.69 Å². The van der Waals surface area contributed by atoms with E-state index in [1.54, 1.807) is 0 Å². The number of nitrogens with zero attached hydrogens (tertiary/aromatic N) is 1. The number of thioether (sulfide) groups is 1. The lowest BCUT2D eigenvalue weighted by atomic mass is 10.2. The van der Waals surface area contributed by atoms with E-state index >= 15 is 0 Å². The second-order valence-corrected chi connectivity index (χ2v) is 7.16. The highest BCUT2D eigenvalue weighted by Gasteiger charge is 2.07. The van der Waals surface area contributed by atoms with E-state index in [2.05, 4.69) is 15.3 Å². The first-order chi connectivity index (χ1) is 13.8. The van der Waals surface area contributed by atoms with Gasteiger partial charge in [-0.05, 0) is 42.0 Å². The van der Waals surface area contributed by atoms with Gasteiger partial charge in [-0.25, -0.2) is 4.98 Å². The number of anilines is 1. The van der Waals surface area contributed by atoms with E-state index in [0.29, 0.717) is 6.61 Å². The largest absolute Gasteiger partial charge is 0.489 e. The summed E-state index contributed by atoms with van der Waals surface area (Å²) >= 11 is 1.38. The third-order valence-electron chi connectivity index (χ3n) is 4.09. The maximum absolute atomic E-state index is 12.2. The Morgan fingerprint density at radius 3 is 2.50 bits per heavy atom. The van der Waals surface area contributed by atoms with E-state index in [1.165, 1.54) is 11.8 Å². The molecule has 1 heterocycles. The summed E-state index contributed by atoms with van der Waals surface area (Å²) in [5.41, 5.74) is 3.72. The number of aromatic amines is 1. The van der Waals surface area contributed by atoms with Gasteiger partial charge in [0.1, 0.15) is 12.4 Å². The van der Waals surface area contributed by atoms with Crippen molar-refractivity contribution in [2.24, 2.45) is 0 Å². The Labute approximate surface area is 167 Å². The summed E-state index contributed by atoms with van der Waals surface area (Å²) in [4.78, 5) is 19.9. The molecule has 1 amide bonds. The zero-order valence-electron chi connectivity index (χ0n) is 15.1. The van der Waals surface area contributed by atoms with Crippen LogP contribution >= 0.6 is 11.8 Å². The molecule has 3 aromatic carbocycles. The number of ether oxygens (including phenoxy) is 1. The third kappa shape index (κ3) is 4.72. The van der Waals surface area contributed by atoms with Crippen molar-refractivity contribution in [3.8, 4) is 5.75 Å². The Kier molecular flexibility index (Phi) is 5.58. The fourth-order valence-corrected chi connectivity index (χ4v) is 3.39. The van der Waals surface area contributed by atoms with Crippen LogP contribution in [0.5, 0.6) is 5.75 Å². The Hall–Kier alpha value is -3.25. The van der Waals surface area contributed by atoms with Gasteiger partial charge in [0.25, 0.3) is 0 Å². The molecule has 5 nitrogen and oxygen atoms in total. The number of nitrogens with one attached hydrogen (secondary N) is 2. The van der Waals surface area contributed by atoms with Crippen molar-refractivity contribution in [1.82, 2.24) is 9.97 Å². The number of amides is 1. The summed E-state index contributed by atoms with van der Waals surface area (Å²) in [6, 6.07) is 25.2. The van der Waals surface area contributed by atoms with E-state index in [1.807, 2.05) is 78.9 Å². The molecule has 0 unspecified atom stereocenters. The standard InChI is InChI=1S/C22H19N3O2S/c26-21(15-28-22-24-19-8-4-5-9-20(19)25-22)23-17-10-12-18(13-11-17)27-14-16-6-2-1-3-7-16/h1-13H,14-15H2,(H,23,26)(H,24,25). The quantitative estimate of drug-likeness (QED) is 0.443. The lowest BCUT2D eigenvalue weighted by molar-refractivity contribution is -0.113. The van der Waals surface area contributed by atoms with E-state index in [4.69, 9.17) is 4.74 Å². The van der Waals surface area contributed by atoms with Gasteiger partial charge in [0.2, 0.25) is 5.91 Å². The van der Waals surface area contributed by atoms with Gasteiger partial charge >= 0.3 is 0 Å². The van der Waals surface area contributed by atoms with Crippen molar-refractivity contribution in [3.63, 3.8) is 0 Å². The fourth-order valence-electron chi connectivity index (χ4n) is 2.70. The molecule has 1 aromatic heterocycles. The Morgan fingerprint density at radius 1 is 0.964 bits per heavy atom. The van der Waals surface area contributed by atoms with E-state index in [0.717, 1.165) is 33.2 Å². The van der Waals surface area contributed by atoms with Crippen molar-refractivity contribution in [2.75, 3.05) is 11.1 Å². The number of para-hydroxylation sites is 2. The molecule has 0 aliphatic rings. The van der Waals surface area contributed by atoms with Crippen LogP contribution in [-0.4, -0.2) is 21.6 Å². The van der Waals surface area contributed by atoms with Crippen LogP contribution in [-0.2, 0) is 11.4 Å². The first kappa shape index (κ1) is 18.1. The first-order valence-corrected chi connectivity index (χ1v) is 9.89. The molecule has 4 rings (SSSR count). The number of carbonyl (C=O) groups is 1. The maximum atomic E-state index is 12.2. The topological polar surface area (TPSA) is 67.0 Å². The summed E-state index contributed by atoms with van der Waals surface area (Å²) in [5, 5.41) is 3.63. The number of carbonyl (C=O) groups excluding carboxylic acids is 1. The van der Waals surface area contributed by atoms with Gasteiger partial charge in [0.15, 0.2) is 5.16 Å². The molecule has 0 saturated carbocycles. The van der Waals surface area contributed by atoms with E-state index < -0.39 is 0 Å². The number of aromatic nitrogens is 2. The predicted octanol–water partition coefficient (Wildman–Crippen LogP) is 4.87. The Balaban J connectivity index is 1.27. The summed E-state index contributed by atoms with van der Waals surface area (Å²) in [6.45, 7) is 0.515. The van der Waals surface area contributed by atoms with Crippen LogP contribution in [0.2, 0.25) is 0 Å². The van der Waals surface area contributed by atoms with Crippen molar-refractivity contribution in [2.45, 2.75) is 11.8 Å². The van der Waals surface area contributed by atoms with Crippen molar-refractivity contribution in [3.05, 3.63) is 84.4 Å². The Bertz CT molecular complexity index is 1030. The number of fused-ring (bicyclic) bond motifs is 1. The second-order valence-electron chi connectivity index (χ2n) is 6.19. The van der Waals surface area contributed by atoms with Gasteiger partial charge in [-0.2, -0.15) is 0 Å². The molecular formula is C22H19N3O2S. The molecule has 0 fully saturated rings. The summed E-state index contributed by atoms with van der Waals surface area (Å²) in [7, 11) is 0. The first-order valence-electron chi connectivity index (χ1n) is 8.90. The molecule has 0 spiro atoms. The molecule has 0 aliphatic carbocycles. The lowest BCUT2D eigenvalue weighted by Crippen LogP contribution is -2.14. The number of rotatable bonds is 7. The molecule has 28 heavy (non-hydrogen) atoms. The van der Waals surface area contributed by atoms with Crippen molar-refractivity contribution < 1.29 is 9.53 Å². The molecule has 140 valence electrons. The van der Waals surface area contributed by atoms with E-state index in [9.17, 15) is 4.79 Å². The minimum atomic E-state index is -0.0802. The molecular weight excluding hydrogens is 370 g/mol. The third-order valence-corrected chi connectivity index (χ3v) is 4.97. The number of hydrogen-bond donors (Lipinski definition) is 2. The number of H-pyrrole nitrogens is 1. The van der Waals surface area contributed by atoms with Gasteiger partial charge in [0.05, 0.1) is 16.8 Å². The average Bonchev–Trinajstić information content (AvgIpc) is 3.16. The molecule has 0 saturated heterocycles. The van der Waals surface area contributed by atoms with Gasteiger partial charge < -0.3 is 15.0 Å². The van der Waals surface area contributed by atoms with Crippen LogP contribution in [0.3, 0.4) is 0 Å². The zero-order chi connectivity index (χ0) is 19.2. The highest BCUT2D eigenvalue weighted by Crippen LogP contribution is 2.20. The van der Waals surface area contributed by atoms with Crippen molar-refractivity contribution in [1.29, 1.82) is 0 Å². The van der Waals surface area contributed by atoms with Crippen LogP contribution in [0.4, 0.5) is 5.69 Å². The summed E-state index contributed by atoms with van der Waals surface area (Å²) < 4.78 is 5.76. The van der Waals surface area contributed by atoms with Crippen LogP contribution in [0, 0.1) is 0 Å². The van der Waals surface area contributed by atoms with Crippen molar-refractivity contribution >= 4 is 34.4 Å². The molecule has 6 heteroatoms. The molecule has 0 aliphatic heterocycles. The van der Waals surface area contributed by atoms with Crippen LogP contribution in [0.1, 0.15) is 5.56 Å². The van der Waals surface area contributed by atoms with E-state index in [-0.39, 0.29) is 11.7 Å². The lowest BCUT2D eigenvalue weighted by Gasteiger charge is -2.08. The zero-order valence-corrected chi connectivity index (χ0v) is 15.9. The molecule has 2 N–H and O–H groups in total. The normalized spacial score (nSPS) is 10.7. The van der Waals surface area contributed by atoms with Gasteiger partial charge in [-0.15, -0.1) is 0 Å². The van der Waals surface area contributed by atoms with Gasteiger partial charge in [-0.3, -0.25) is 4.79 Å². The van der Waals surface area contributed by atoms with Crippen LogP contribution in [0.15, 0.2) is 84.0 Å². The summed E-state index contributed by atoms with van der Waals surface area (Å²) in [6.07, 6.45) is 0. The average molecular weight is 389 g/mol. The number of benzene rings is 3. The SMILES string of the molecule is O=C(CSc1nc2ccccc2[nH]1)Nc1ccc(OCc2ccccc2)cc1. The fraction of sp³-hybridized carbons (Fsp3) is 0.0909.